The Hall–Kier alpha value is -0.870. The van der Waals surface area contributed by atoms with E-state index in [9.17, 15) is 13.2 Å². The Labute approximate surface area is 92.5 Å². The molecule has 0 aromatic heterocycles. The van der Waals surface area contributed by atoms with Crippen molar-refractivity contribution in [1.82, 2.24) is 0 Å². The molecule has 80 valence electrons. The summed E-state index contributed by atoms with van der Waals surface area (Å²) in [5.74, 6) is -0.0690. The monoisotopic (exact) mass is 244 g/mol. The van der Waals surface area contributed by atoms with Gasteiger partial charge in [0.1, 0.15) is 0 Å². The van der Waals surface area contributed by atoms with Gasteiger partial charge in [0.2, 0.25) is 0 Å². The highest BCUT2D eigenvalue weighted by molar-refractivity contribution is 8.13. The van der Waals surface area contributed by atoms with Gasteiger partial charge in [0, 0.05) is 22.2 Å². The van der Waals surface area contributed by atoms with E-state index in [1.807, 2.05) is 6.92 Å². The molecule has 0 radical (unpaired) electrons. The fourth-order valence-electron chi connectivity index (χ4n) is 1.80. The van der Waals surface area contributed by atoms with Crippen LogP contribution in [0.5, 0.6) is 0 Å². The number of carbonyl (C=O) groups excluding carboxylic acids is 1. The van der Waals surface area contributed by atoms with Gasteiger partial charge in [0.25, 0.3) is 9.05 Å². The average Bonchev–Trinajstić information content (AvgIpc) is 2.41. The molecule has 5 heteroatoms. The minimum absolute atomic E-state index is 0.00725. The Morgan fingerprint density at radius 3 is 2.67 bits per heavy atom. The Bertz CT molecular complexity index is 534. The van der Waals surface area contributed by atoms with Crippen LogP contribution in [0.4, 0.5) is 0 Å². The van der Waals surface area contributed by atoms with Gasteiger partial charge in [-0.1, -0.05) is 13.0 Å². The molecule has 0 spiro atoms. The average molecular weight is 245 g/mol. The summed E-state index contributed by atoms with van der Waals surface area (Å²) in [7, 11) is 1.46. The molecular weight excluding hydrogens is 236 g/mol. The van der Waals surface area contributed by atoms with Crippen LogP contribution in [0.25, 0.3) is 0 Å². The van der Waals surface area contributed by atoms with Gasteiger partial charge < -0.3 is 0 Å². The van der Waals surface area contributed by atoms with E-state index in [0.29, 0.717) is 12.0 Å². The molecular formula is C10H9ClO3S. The number of hydrogen-bond acceptors (Lipinski definition) is 3. The zero-order chi connectivity index (χ0) is 11.2. The number of fused-ring (bicyclic) bond motifs is 1. The van der Waals surface area contributed by atoms with Crippen molar-refractivity contribution in [2.75, 3.05) is 0 Å². The van der Waals surface area contributed by atoms with Gasteiger partial charge in [0.15, 0.2) is 5.78 Å². The first kappa shape index (κ1) is 10.6. The lowest BCUT2D eigenvalue weighted by Gasteiger charge is -1.99. The van der Waals surface area contributed by atoms with Gasteiger partial charge in [-0.2, -0.15) is 0 Å². The molecule has 0 bridgehead atoms. The maximum absolute atomic E-state index is 11.6. The molecule has 3 nitrogen and oxygen atoms in total. The minimum Gasteiger partial charge on any atom is -0.294 e. The second-order valence-electron chi connectivity index (χ2n) is 3.73. The van der Waals surface area contributed by atoms with Crippen molar-refractivity contribution in [1.29, 1.82) is 0 Å². The topological polar surface area (TPSA) is 51.2 Å². The lowest BCUT2D eigenvalue weighted by Crippen LogP contribution is -2.03. The molecule has 1 atom stereocenters. The zero-order valence-electron chi connectivity index (χ0n) is 8.03. The van der Waals surface area contributed by atoms with E-state index in [2.05, 4.69) is 0 Å². The maximum atomic E-state index is 11.6. The van der Waals surface area contributed by atoms with Crippen LogP contribution in [-0.4, -0.2) is 14.2 Å². The first-order chi connectivity index (χ1) is 6.89. The molecule has 0 amide bonds. The van der Waals surface area contributed by atoms with Gasteiger partial charge in [-0.05, 0) is 24.1 Å². The van der Waals surface area contributed by atoms with Gasteiger partial charge >= 0.3 is 0 Å². The summed E-state index contributed by atoms with van der Waals surface area (Å²) >= 11 is 0. The van der Waals surface area contributed by atoms with Gasteiger partial charge in [-0.15, -0.1) is 0 Å². The first-order valence-electron chi connectivity index (χ1n) is 4.51. The van der Waals surface area contributed by atoms with Crippen molar-refractivity contribution in [3.8, 4) is 0 Å². The van der Waals surface area contributed by atoms with Crippen molar-refractivity contribution < 1.29 is 13.2 Å². The summed E-state index contributed by atoms with van der Waals surface area (Å²) < 4.78 is 22.2. The fraction of sp³-hybridized carbons (Fsp3) is 0.300. The standard InChI is InChI=1S/C10H9ClO3S/c1-6-4-7-2-3-8(15(11,13)14)5-9(7)10(6)12/h2-3,5-6H,4H2,1H3. The normalized spacial score (nSPS) is 20.4. The molecule has 1 aliphatic rings. The minimum atomic E-state index is -3.75. The van der Waals surface area contributed by atoms with E-state index in [1.165, 1.54) is 12.1 Å². The lowest BCUT2D eigenvalue weighted by molar-refractivity contribution is 0.0946. The van der Waals surface area contributed by atoms with Crippen LogP contribution in [0.3, 0.4) is 0 Å². The van der Waals surface area contributed by atoms with Crippen molar-refractivity contribution in [2.45, 2.75) is 18.2 Å². The van der Waals surface area contributed by atoms with E-state index in [0.717, 1.165) is 5.56 Å². The predicted octanol–water partition coefficient (Wildman–Crippen LogP) is 1.99. The molecule has 1 aliphatic carbocycles. The molecule has 0 saturated heterocycles. The second-order valence-corrected chi connectivity index (χ2v) is 6.29. The van der Waals surface area contributed by atoms with Crippen LogP contribution < -0.4 is 0 Å². The third kappa shape index (κ3) is 1.79. The number of rotatable bonds is 1. The number of halogens is 1. The highest BCUT2D eigenvalue weighted by Crippen LogP contribution is 2.29. The van der Waals surface area contributed by atoms with Crippen LogP contribution in [0.1, 0.15) is 22.8 Å². The summed E-state index contributed by atoms with van der Waals surface area (Å²) in [6.07, 6.45) is 0.677. The highest BCUT2D eigenvalue weighted by Gasteiger charge is 2.28. The number of ketones is 1. The molecule has 0 aliphatic heterocycles. The van der Waals surface area contributed by atoms with E-state index in [1.54, 1.807) is 6.07 Å². The molecule has 0 heterocycles. The predicted molar refractivity (Wildman–Crippen MR) is 56.7 cm³/mol. The summed E-state index contributed by atoms with van der Waals surface area (Å²) in [6.45, 7) is 1.83. The van der Waals surface area contributed by atoms with E-state index >= 15 is 0 Å². The second kappa shape index (κ2) is 3.32. The van der Waals surface area contributed by atoms with Crippen molar-refractivity contribution >= 4 is 25.5 Å². The molecule has 0 saturated carbocycles. The fourth-order valence-corrected chi connectivity index (χ4v) is 2.58. The van der Waals surface area contributed by atoms with Gasteiger partial charge in [-0.25, -0.2) is 8.42 Å². The van der Waals surface area contributed by atoms with Gasteiger partial charge in [0.05, 0.1) is 4.90 Å². The SMILES string of the molecule is CC1Cc2ccc(S(=O)(=O)Cl)cc2C1=O. The van der Waals surface area contributed by atoms with Crippen LogP contribution >= 0.6 is 10.7 Å². The third-order valence-electron chi connectivity index (χ3n) is 2.60. The lowest BCUT2D eigenvalue weighted by atomic mass is 10.1. The molecule has 15 heavy (non-hydrogen) atoms. The highest BCUT2D eigenvalue weighted by atomic mass is 35.7. The molecule has 1 aromatic carbocycles. The summed E-state index contributed by atoms with van der Waals surface area (Å²) in [6, 6.07) is 4.46. The number of hydrogen-bond donors (Lipinski definition) is 0. The Kier molecular flexibility index (Phi) is 2.35. The molecule has 1 aromatic rings. The Balaban J connectivity index is 2.59. The Morgan fingerprint density at radius 1 is 1.40 bits per heavy atom. The van der Waals surface area contributed by atoms with Crippen LogP contribution in [-0.2, 0) is 15.5 Å². The maximum Gasteiger partial charge on any atom is 0.261 e. The van der Waals surface area contributed by atoms with E-state index in [-0.39, 0.29) is 16.6 Å². The number of carbonyl (C=O) groups is 1. The third-order valence-corrected chi connectivity index (χ3v) is 3.95. The van der Waals surface area contributed by atoms with E-state index in [4.69, 9.17) is 10.7 Å². The molecule has 0 fully saturated rings. The van der Waals surface area contributed by atoms with Crippen molar-refractivity contribution in [3.05, 3.63) is 29.3 Å². The van der Waals surface area contributed by atoms with Crippen LogP contribution in [0.15, 0.2) is 23.1 Å². The number of Topliss-reactive ketones (excluding diaryl/α,β-unsaturated/α-hetero) is 1. The summed E-state index contributed by atoms with van der Waals surface area (Å²) in [4.78, 5) is 11.6. The summed E-state index contributed by atoms with van der Waals surface area (Å²) in [5.41, 5.74) is 1.39. The van der Waals surface area contributed by atoms with Crippen molar-refractivity contribution in [3.63, 3.8) is 0 Å². The first-order valence-corrected chi connectivity index (χ1v) is 6.82. The van der Waals surface area contributed by atoms with Crippen molar-refractivity contribution in [2.24, 2.45) is 5.92 Å². The molecule has 2 rings (SSSR count). The van der Waals surface area contributed by atoms with E-state index < -0.39 is 9.05 Å². The largest absolute Gasteiger partial charge is 0.294 e. The smallest absolute Gasteiger partial charge is 0.261 e. The quantitative estimate of drug-likeness (QED) is 0.710. The molecule has 1 unspecified atom stereocenters. The summed E-state index contributed by atoms with van der Waals surface area (Å²) in [5, 5.41) is 0. The molecule has 0 N–H and O–H groups in total. The van der Waals surface area contributed by atoms with Crippen LogP contribution in [0.2, 0.25) is 0 Å². The Morgan fingerprint density at radius 2 is 2.07 bits per heavy atom. The zero-order valence-corrected chi connectivity index (χ0v) is 9.60. The van der Waals surface area contributed by atoms with Gasteiger partial charge in [-0.3, -0.25) is 4.79 Å². The van der Waals surface area contributed by atoms with Crippen LogP contribution in [0, 0.1) is 5.92 Å². The number of benzene rings is 1.